The van der Waals surface area contributed by atoms with Crippen LogP contribution in [0.15, 0.2) is 60.7 Å². The van der Waals surface area contributed by atoms with Gasteiger partial charge in [0.15, 0.2) is 0 Å². The third kappa shape index (κ3) is 6.32. The summed E-state index contributed by atoms with van der Waals surface area (Å²) in [4.78, 5) is 23.3. The van der Waals surface area contributed by atoms with Crippen LogP contribution >= 0.6 is 0 Å². The average Bonchev–Trinajstić information content (AvgIpc) is 2.69. The van der Waals surface area contributed by atoms with Crippen molar-refractivity contribution < 1.29 is 28.5 Å². The second kappa shape index (κ2) is 9.88. The summed E-state index contributed by atoms with van der Waals surface area (Å²) in [5.41, 5.74) is 1.63. The molecular weight excluding hydrogens is 336 g/mol. The third-order valence-electron chi connectivity index (χ3n) is 3.44. The second-order valence-corrected chi connectivity index (χ2v) is 5.24. The van der Waals surface area contributed by atoms with Crippen LogP contribution in [-0.2, 0) is 32.3 Å². The molecule has 0 amide bonds. The molecule has 2 rings (SSSR count). The first-order valence-corrected chi connectivity index (χ1v) is 7.88. The Morgan fingerprint density at radius 3 is 1.35 bits per heavy atom. The highest BCUT2D eigenvalue weighted by molar-refractivity contribution is 5.91. The zero-order valence-electron chi connectivity index (χ0n) is 14.6. The average molecular weight is 356 g/mol. The van der Waals surface area contributed by atoms with Crippen molar-refractivity contribution in [3.05, 3.63) is 71.8 Å². The predicted octanol–water partition coefficient (Wildman–Crippen LogP) is 3.05. The van der Waals surface area contributed by atoms with E-state index in [-0.39, 0.29) is 13.2 Å². The molecule has 0 radical (unpaired) electrons. The van der Waals surface area contributed by atoms with Gasteiger partial charge in [-0.15, -0.1) is 0 Å². The molecule has 0 aliphatic heterocycles. The molecule has 0 aliphatic rings. The van der Waals surface area contributed by atoms with Gasteiger partial charge in [-0.05, 0) is 35.4 Å². The molecule has 6 heteroatoms. The third-order valence-corrected chi connectivity index (χ3v) is 3.44. The standard InChI is InChI=1S/C20H20O6/c1-23-17-7-3-15(4-8-17)13-25-19(21)11-12-20(22)26-14-16-5-9-18(24-2)10-6-16/h3-12H,13-14H2,1-2H3/b12-11-. The number of rotatable bonds is 8. The van der Waals surface area contributed by atoms with E-state index in [4.69, 9.17) is 18.9 Å². The number of ether oxygens (including phenoxy) is 4. The molecular formula is C20H20O6. The first kappa shape index (κ1) is 19.1. The lowest BCUT2D eigenvalue weighted by Gasteiger charge is -2.04. The van der Waals surface area contributed by atoms with Crippen LogP contribution in [0.2, 0.25) is 0 Å². The quantitative estimate of drug-likeness (QED) is 0.535. The van der Waals surface area contributed by atoms with Gasteiger partial charge in [0, 0.05) is 12.2 Å². The van der Waals surface area contributed by atoms with Crippen LogP contribution in [-0.4, -0.2) is 26.2 Å². The van der Waals surface area contributed by atoms with Crippen LogP contribution in [0.3, 0.4) is 0 Å². The number of hydrogen-bond acceptors (Lipinski definition) is 6. The van der Waals surface area contributed by atoms with Crippen LogP contribution in [0.5, 0.6) is 11.5 Å². The highest BCUT2D eigenvalue weighted by atomic mass is 16.5. The Bertz CT molecular complexity index is 681. The Labute approximate surface area is 151 Å². The minimum Gasteiger partial charge on any atom is -0.497 e. The summed E-state index contributed by atoms with van der Waals surface area (Å²) < 4.78 is 20.2. The van der Waals surface area contributed by atoms with Crippen molar-refractivity contribution >= 4 is 11.9 Å². The molecule has 0 N–H and O–H groups in total. The van der Waals surface area contributed by atoms with E-state index in [0.717, 1.165) is 34.8 Å². The predicted molar refractivity (Wildman–Crippen MR) is 94.7 cm³/mol. The normalized spacial score (nSPS) is 10.4. The highest BCUT2D eigenvalue weighted by Crippen LogP contribution is 2.13. The molecule has 136 valence electrons. The van der Waals surface area contributed by atoms with Gasteiger partial charge < -0.3 is 18.9 Å². The maximum atomic E-state index is 11.6. The molecule has 6 nitrogen and oxygen atoms in total. The van der Waals surface area contributed by atoms with Crippen molar-refractivity contribution in [1.29, 1.82) is 0 Å². The summed E-state index contributed by atoms with van der Waals surface area (Å²) in [6.07, 6.45) is 2.08. The molecule has 0 atom stereocenters. The van der Waals surface area contributed by atoms with Gasteiger partial charge in [0.05, 0.1) is 14.2 Å². The van der Waals surface area contributed by atoms with E-state index in [1.54, 1.807) is 62.8 Å². The molecule has 0 saturated carbocycles. The lowest BCUT2D eigenvalue weighted by molar-refractivity contribution is -0.141. The molecule has 0 bridgehead atoms. The summed E-state index contributed by atoms with van der Waals surface area (Å²) in [5.74, 6) is 0.198. The summed E-state index contributed by atoms with van der Waals surface area (Å²) in [5, 5.41) is 0. The highest BCUT2D eigenvalue weighted by Gasteiger charge is 2.03. The summed E-state index contributed by atoms with van der Waals surface area (Å²) in [6.45, 7) is 0.210. The van der Waals surface area contributed by atoms with Crippen LogP contribution < -0.4 is 9.47 Å². The fourth-order valence-electron chi connectivity index (χ4n) is 1.98. The van der Waals surface area contributed by atoms with Gasteiger partial charge in [-0.2, -0.15) is 0 Å². The van der Waals surface area contributed by atoms with Crippen LogP contribution in [0.1, 0.15) is 11.1 Å². The molecule has 2 aromatic rings. The van der Waals surface area contributed by atoms with Crippen LogP contribution in [0.25, 0.3) is 0 Å². The Kier molecular flexibility index (Phi) is 7.24. The van der Waals surface area contributed by atoms with E-state index >= 15 is 0 Å². The molecule has 0 fully saturated rings. The van der Waals surface area contributed by atoms with Gasteiger partial charge in [-0.3, -0.25) is 0 Å². The van der Waals surface area contributed by atoms with Crippen molar-refractivity contribution in [2.75, 3.05) is 14.2 Å². The molecule has 0 aliphatic carbocycles. The van der Waals surface area contributed by atoms with Gasteiger partial charge >= 0.3 is 11.9 Å². The van der Waals surface area contributed by atoms with E-state index in [0.29, 0.717) is 0 Å². The molecule has 2 aromatic carbocycles. The van der Waals surface area contributed by atoms with Gasteiger partial charge in [0.25, 0.3) is 0 Å². The fraction of sp³-hybridized carbons (Fsp3) is 0.200. The Morgan fingerprint density at radius 2 is 1.04 bits per heavy atom. The van der Waals surface area contributed by atoms with Crippen LogP contribution in [0, 0.1) is 0 Å². The van der Waals surface area contributed by atoms with Gasteiger partial charge in [0.2, 0.25) is 0 Å². The second-order valence-electron chi connectivity index (χ2n) is 5.24. The van der Waals surface area contributed by atoms with Crippen molar-refractivity contribution in [2.45, 2.75) is 13.2 Å². The van der Waals surface area contributed by atoms with Gasteiger partial charge in [0.1, 0.15) is 24.7 Å². The SMILES string of the molecule is COc1ccc(COC(=O)/C=C\C(=O)OCc2ccc(OC)cc2)cc1. The molecule has 26 heavy (non-hydrogen) atoms. The van der Waals surface area contributed by atoms with E-state index in [1.807, 2.05) is 0 Å². The van der Waals surface area contributed by atoms with Crippen molar-refractivity contribution in [3.8, 4) is 11.5 Å². The number of benzene rings is 2. The molecule has 0 spiro atoms. The monoisotopic (exact) mass is 356 g/mol. The van der Waals surface area contributed by atoms with Crippen molar-refractivity contribution in [3.63, 3.8) is 0 Å². The van der Waals surface area contributed by atoms with E-state index in [9.17, 15) is 9.59 Å². The molecule has 0 unspecified atom stereocenters. The first-order valence-electron chi connectivity index (χ1n) is 7.88. The summed E-state index contributed by atoms with van der Waals surface area (Å²) in [6, 6.07) is 14.3. The lowest BCUT2D eigenvalue weighted by atomic mass is 10.2. The number of esters is 2. The summed E-state index contributed by atoms with van der Waals surface area (Å²) in [7, 11) is 3.15. The van der Waals surface area contributed by atoms with E-state index in [1.165, 1.54) is 0 Å². The maximum absolute atomic E-state index is 11.6. The number of carbonyl (C=O) groups is 2. The Balaban J connectivity index is 1.72. The first-order chi connectivity index (χ1) is 12.6. The molecule has 0 aromatic heterocycles. The number of methoxy groups -OCH3 is 2. The maximum Gasteiger partial charge on any atom is 0.331 e. The van der Waals surface area contributed by atoms with Crippen molar-refractivity contribution in [2.24, 2.45) is 0 Å². The Morgan fingerprint density at radius 1 is 0.692 bits per heavy atom. The number of carbonyl (C=O) groups excluding carboxylic acids is 2. The Hall–Kier alpha value is -3.28. The van der Waals surface area contributed by atoms with Gasteiger partial charge in [-0.25, -0.2) is 9.59 Å². The van der Waals surface area contributed by atoms with Gasteiger partial charge in [-0.1, -0.05) is 24.3 Å². The smallest absolute Gasteiger partial charge is 0.331 e. The molecule has 0 saturated heterocycles. The summed E-state index contributed by atoms with van der Waals surface area (Å²) >= 11 is 0. The minimum absolute atomic E-state index is 0.105. The largest absolute Gasteiger partial charge is 0.497 e. The van der Waals surface area contributed by atoms with E-state index < -0.39 is 11.9 Å². The topological polar surface area (TPSA) is 71.1 Å². The van der Waals surface area contributed by atoms with E-state index in [2.05, 4.69) is 0 Å². The number of hydrogen-bond donors (Lipinski definition) is 0. The lowest BCUT2D eigenvalue weighted by Crippen LogP contribution is -2.04. The molecule has 0 heterocycles. The zero-order chi connectivity index (χ0) is 18.8. The van der Waals surface area contributed by atoms with Crippen molar-refractivity contribution in [1.82, 2.24) is 0 Å². The minimum atomic E-state index is -0.623. The fourth-order valence-corrected chi connectivity index (χ4v) is 1.98. The zero-order valence-corrected chi connectivity index (χ0v) is 14.6. The van der Waals surface area contributed by atoms with Crippen LogP contribution in [0.4, 0.5) is 0 Å².